The third-order valence-corrected chi connectivity index (χ3v) is 3.13. The van der Waals surface area contributed by atoms with Gasteiger partial charge in [0.15, 0.2) is 0 Å². The Hall–Kier alpha value is -0.770. The zero-order valence-corrected chi connectivity index (χ0v) is 14.4. The lowest BCUT2D eigenvalue weighted by Gasteiger charge is -2.02. The van der Waals surface area contributed by atoms with E-state index in [1.165, 1.54) is 51.4 Å². The summed E-state index contributed by atoms with van der Waals surface area (Å²) in [5.41, 5.74) is 0. The normalized spacial score (nSPS) is 9.86. The first-order valence-corrected chi connectivity index (χ1v) is 8.62. The fourth-order valence-electron chi connectivity index (χ4n) is 1.95. The van der Waals surface area contributed by atoms with Gasteiger partial charge in [-0.2, -0.15) is 0 Å². The smallest absolute Gasteiger partial charge is 0.450 e. The molecular weight excluding hydrogens is 268 g/mol. The van der Waals surface area contributed by atoms with Crippen LogP contribution >= 0.6 is 0 Å². The summed E-state index contributed by atoms with van der Waals surface area (Å²) in [5, 5.41) is 8.23. The van der Waals surface area contributed by atoms with Crippen molar-refractivity contribution in [2.45, 2.75) is 85.0 Å². The Morgan fingerprint density at radius 1 is 0.762 bits per heavy atom. The summed E-state index contributed by atoms with van der Waals surface area (Å²) in [5.74, 6) is 0. The quantitative estimate of drug-likeness (QED) is 0.353. The van der Waals surface area contributed by atoms with Gasteiger partial charge in [-0.25, -0.2) is 4.79 Å². The molecule has 0 atom stereocenters. The number of ether oxygens (including phenoxy) is 2. The highest BCUT2D eigenvalue weighted by atomic mass is 16.7. The van der Waals surface area contributed by atoms with Crippen LogP contribution in [0.3, 0.4) is 0 Å². The topological polar surface area (TPSA) is 55.8 Å². The maximum absolute atomic E-state index is 10.0. The SMILES string of the molecule is CCCCCCCCCCCCOC(=O)O.CCOCC. The Labute approximate surface area is 131 Å². The molecule has 0 amide bonds. The molecule has 0 fully saturated rings. The first-order valence-electron chi connectivity index (χ1n) is 8.62. The van der Waals surface area contributed by atoms with Crippen LogP contribution in [0.15, 0.2) is 0 Å². The van der Waals surface area contributed by atoms with E-state index in [-0.39, 0.29) is 0 Å². The summed E-state index contributed by atoms with van der Waals surface area (Å²) in [6.07, 6.45) is 11.4. The molecule has 0 aromatic heterocycles. The van der Waals surface area contributed by atoms with Crippen molar-refractivity contribution in [1.29, 1.82) is 0 Å². The lowest BCUT2D eigenvalue weighted by molar-refractivity contribution is 0.0899. The van der Waals surface area contributed by atoms with Gasteiger partial charge in [0.2, 0.25) is 0 Å². The Balaban J connectivity index is 0. The maximum Gasteiger partial charge on any atom is 0.505 e. The molecule has 0 aliphatic heterocycles. The van der Waals surface area contributed by atoms with Crippen LogP contribution in [0.25, 0.3) is 0 Å². The Kier molecular flexibility index (Phi) is 23.1. The van der Waals surface area contributed by atoms with Gasteiger partial charge in [-0.15, -0.1) is 0 Å². The van der Waals surface area contributed by atoms with E-state index in [2.05, 4.69) is 11.7 Å². The third kappa shape index (κ3) is 28.2. The lowest BCUT2D eigenvalue weighted by Crippen LogP contribution is -2.01. The van der Waals surface area contributed by atoms with Crippen LogP contribution < -0.4 is 0 Å². The first kappa shape index (κ1) is 22.5. The Morgan fingerprint density at radius 2 is 1.19 bits per heavy atom. The van der Waals surface area contributed by atoms with Crippen LogP contribution in [0.4, 0.5) is 4.79 Å². The number of hydrogen-bond acceptors (Lipinski definition) is 3. The third-order valence-electron chi connectivity index (χ3n) is 3.13. The highest BCUT2D eigenvalue weighted by molar-refractivity contribution is 5.56. The molecule has 0 aromatic rings. The van der Waals surface area contributed by atoms with Crippen molar-refractivity contribution in [3.8, 4) is 0 Å². The van der Waals surface area contributed by atoms with Crippen LogP contribution in [0.1, 0.15) is 85.0 Å². The van der Waals surface area contributed by atoms with E-state index in [4.69, 9.17) is 9.84 Å². The van der Waals surface area contributed by atoms with Gasteiger partial charge in [-0.3, -0.25) is 0 Å². The van der Waals surface area contributed by atoms with E-state index < -0.39 is 6.16 Å². The Morgan fingerprint density at radius 3 is 1.52 bits per heavy atom. The molecule has 0 saturated heterocycles. The highest BCUT2D eigenvalue weighted by Crippen LogP contribution is 2.10. The van der Waals surface area contributed by atoms with Gasteiger partial charge in [0.1, 0.15) is 0 Å². The van der Waals surface area contributed by atoms with Crippen molar-refractivity contribution in [1.82, 2.24) is 0 Å². The summed E-state index contributed by atoms with van der Waals surface area (Å²) in [6.45, 7) is 8.25. The molecule has 128 valence electrons. The maximum atomic E-state index is 10.0. The van der Waals surface area contributed by atoms with Crippen molar-refractivity contribution in [2.75, 3.05) is 19.8 Å². The van der Waals surface area contributed by atoms with Gasteiger partial charge < -0.3 is 14.6 Å². The summed E-state index contributed by atoms with van der Waals surface area (Å²) in [6, 6.07) is 0. The summed E-state index contributed by atoms with van der Waals surface area (Å²) in [7, 11) is 0. The number of unbranched alkanes of at least 4 members (excludes halogenated alkanes) is 9. The first-order chi connectivity index (χ1) is 10.2. The van der Waals surface area contributed by atoms with Crippen molar-refractivity contribution < 1.29 is 19.4 Å². The van der Waals surface area contributed by atoms with E-state index in [1.807, 2.05) is 13.8 Å². The van der Waals surface area contributed by atoms with Crippen molar-refractivity contribution >= 4 is 6.16 Å². The zero-order valence-electron chi connectivity index (χ0n) is 14.4. The highest BCUT2D eigenvalue weighted by Gasteiger charge is 1.96. The standard InChI is InChI=1S/C13H26O3.C4H10O/c1-2-3-4-5-6-7-8-9-10-11-12-16-13(14)15;1-3-5-4-2/h2-12H2,1H3,(H,14,15);3-4H2,1-2H3. The summed E-state index contributed by atoms with van der Waals surface area (Å²) in [4.78, 5) is 10.0. The summed E-state index contributed by atoms with van der Waals surface area (Å²) < 4.78 is 9.26. The van der Waals surface area contributed by atoms with Crippen molar-refractivity contribution in [3.63, 3.8) is 0 Å². The average Bonchev–Trinajstić information content (AvgIpc) is 2.46. The minimum atomic E-state index is -1.16. The van der Waals surface area contributed by atoms with E-state index in [9.17, 15) is 4.79 Å². The molecule has 0 rings (SSSR count). The van der Waals surface area contributed by atoms with Gasteiger partial charge in [-0.1, -0.05) is 64.7 Å². The largest absolute Gasteiger partial charge is 0.505 e. The van der Waals surface area contributed by atoms with E-state index >= 15 is 0 Å². The van der Waals surface area contributed by atoms with E-state index in [0.29, 0.717) is 6.61 Å². The molecule has 0 saturated carbocycles. The number of carbonyl (C=O) groups is 1. The van der Waals surface area contributed by atoms with Gasteiger partial charge >= 0.3 is 6.16 Å². The number of carboxylic acid groups (broad SMARTS) is 1. The minimum absolute atomic E-state index is 0.353. The fourth-order valence-corrected chi connectivity index (χ4v) is 1.95. The molecule has 0 aliphatic rings. The van der Waals surface area contributed by atoms with Crippen LogP contribution in [0, 0.1) is 0 Å². The van der Waals surface area contributed by atoms with Gasteiger partial charge in [0.05, 0.1) is 6.61 Å². The average molecular weight is 304 g/mol. The molecule has 0 unspecified atom stereocenters. The van der Waals surface area contributed by atoms with Crippen molar-refractivity contribution in [3.05, 3.63) is 0 Å². The van der Waals surface area contributed by atoms with Gasteiger partial charge in [0.25, 0.3) is 0 Å². The second-order valence-electron chi connectivity index (χ2n) is 5.08. The molecule has 1 N–H and O–H groups in total. The van der Waals surface area contributed by atoms with Crippen molar-refractivity contribution in [2.24, 2.45) is 0 Å². The van der Waals surface area contributed by atoms with E-state index in [1.54, 1.807) is 0 Å². The second kappa shape index (κ2) is 21.5. The molecule has 0 spiro atoms. The summed E-state index contributed by atoms with van der Waals surface area (Å²) >= 11 is 0. The molecule has 0 aliphatic carbocycles. The second-order valence-corrected chi connectivity index (χ2v) is 5.08. The fraction of sp³-hybridized carbons (Fsp3) is 0.941. The molecule has 21 heavy (non-hydrogen) atoms. The molecule has 0 heterocycles. The van der Waals surface area contributed by atoms with Gasteiger partial charge in [0, 0.05) is 13.2 Å². The molecule has 4 nitrogen and oxygen atoms in total. The molecule has 4 heteroatoms. The molecule has 0 aromatic carbocycles. The molecule has 0 radical (unpaired) electrons. The predicted molar refractivity (Wildman–Crippen MR) is 88.0 cm³/mol. The zero-order chi connectivity index (χ0) is 16.2. The number of hydrogen-bond donors (Lipinski definition) is 1. The van der Waals surface area contributed by atoms with Gasteiger partial charge in [-0.05, 0) is 20.3 Å². The monoisotopic (exact) mass is 304 g/mol. The minimum Gasteiger partial charge on any atom is -0.450 e. The number of rotatable bonds is 13. The van der Waals surface area contributed by atoms with Crippen LogP contribution in [0.5, 0.6) is 0 Å². The van der Waals surface area contributed by atoms with E-state index in [0.717, 1.165) is 26.1 Å². The predicted octanol–water partition coefficient (Wildman–Crippen LogP) is 5.64. The lowest BCUT2D eigenvalue weighted by atomic mass is 10.1. The Bertz CT molecular complexity index is 193. The van der Waals surface area contributed by atoms with Crippen LogP contribution in [0.2, 0.25) is 0 Å². The van der Waals surface area contributed by atoms with Crippen LogP contribution in [-0.2, 0) is 9.47 Å². The van der Waals surface area contributed by atoms with Crippen LogP contribution in [-0.4, -0.2) is 31.1 Å². The molecular formula is C17H36O4. The molecule has 0 bridgehead atoms.